The topological polar surface area (TPSA) is 46.2 Å². The van der Waals surface area contributed by atoms with Gasteiger partial charge in [0.05, 0.1) is 15.7 Å². The molecule has 0 saturated carbocycles. The predicted molar refractivity (Wildman–Crippen MR) is 86.4 cm³/mol. The number of hydrogen-bond acceptors (Lipinski definition) is 2. The van der Waals surface area contributed by atoms with Gasteiger partial charge in [-0.3, -0.25) is 4.72 Å². The van der Waals surface area contributed by atoms with Crippen molar-refractivity contribution in [3.8, 4) is 0 Å². The molecule has 0 aromatic heterocycles. The van der Waals surface area contributed by atoms with Crippen molar-refractivity contribution in [3.05, 3.63) is 55.7 Å². The van der Waals surface area contributed by atoms with E-state index in [4.69, 9.17) is 34.8 Å². The van der Waals surface area contributed by atoms with Crippen molar-refractivity contribution in [2.75, 3.05) is 4.72 Å². The number of halogens is 5. The highest BCUT2D eigenvalue weighted by Gasteiger charge is 2.22. The molecule has 0 saturated heterocycles. The van der Waals surface area contributed by atoms with E-state index in [1.807, 2.05) is 0 Å². The second kappa shape index (κ2) is 6.30. The number of nitrogens with one attached hydrogen (secondary N) is 1. The van der Waals surface area contributed by atoms with Gasteiger partial charge >= 0.3 is 0 Å². The lowest BCUT2D eigenvalue weighted by Gasteiger charge is -2.12. The summed E-state index contributed by atoms with van der Waals surface area (Å²) >= 11 is 20.2. The highest BCUT2D eigenvalue weighted by molar-refractivity contribution is 9.10. The quantitative estimate of drug-likeness (QED) is 0.664. The van der Waals surface area contributed by atoms with Crippen LogP contribution in [0.4, 0.5) is 10.1 Å². The second-order valence-corrected chi connectivity index (χ2v) is 7.63. The van der Waals surface area contributed by atoms with E-state index in [2.05, 4.69) is 20.7 Å². The summed E-state index contributed by atoms with van der Waals surface area (Å²) in [7, 11) is -4.07. The first-order valence-corrected chi connectivity index (χ1v) is 8.75. The Morgan fingerprint density at radius 2 is 1.76 bits per heavy atom. The largest absolute Gasteiger partial charge is 0.278 e. The van der Waals surface area contributed by atoms with Gasteiger partial charge in [-0.2, -0.15) is 0 Å². The third kappa shape index (κ3) is 3.63. The molecule has 0 radical (unpaired) electrons. The Hall–Kier alpha value is -0.530. The summed E-state index contributed by atoms with van der Waals surface area (Å²) in [6.45, 7) is 0. The standard InChI is InChI=1S/C12H6BrCl3FNO2S/c13-7-5-6(14)1-3-9(7)18-21(19,20)10-4-2-8(15)12(17)11(10)16/h1-5,18H. The molecule has 0 bridgehead atoms. The SMILES string of the molecule is O=S(=O)(Nc1ccc(Cl)cc1Br)c1ccc(Cl)c(F)c1Cl. The van der Waals surface area contributed by atoms with E-state index in [-0.39, 0.29) is 10.7 Å². The van der Waals surface area contributed by atoms with E-state index < -0.39 is 25.8 Å². The lowest BCUT2D eigenvalue weighted by Crippen LogP contribution is -2.14. The summed E-state index contributed by atoms with van der Waals surface area (Å²) in [4.78, 5) is -0.409. The minimum Gasteiger partial charge on any atom is -0.278 e. The van der Waals surface area contributed by atoms with Crippen LogP contribution in [0.3, 0.4) is 0 Å². The molecule has 0 spiro atoms. The van der Waals surface area contributed by atoms with E-state index in [0.717, 1.165) is 12.1 Å². The Labute approximate surface area is 144 Å². The fourth-order valence-corrected chi connectivity index (χ4v) is 4.23. The molecule has 3 nitrogen and oxygen atoms in total. The van der Waals surface area contributed by atoms with Crippen LogP contribution < -0.4 is 4.72 Å². The lowest BCUT2D eigenvalue weighted by atomic mass is 10.3. The summed E-state index contributed by atoms with van der Waals surface area (Å²) in [5.41, 5.74) is 0.242. The summed E-state index contributed by atoms with van der Waals surface area (Å²) in [5, 5.41) is -0.396. The summed E-state index contributed by atoms with van der Waals surface area (Å²) in [5.74, 6) is -0.989. The molecule has 0 unspecified atom stereocenters. The van der Waals surface area contributed by atoms with Crippen molar-refractivity contribution in [3.63, 3.8) is 0 Å². The lowest BCUT2D eigenvalue weighted by molar-refractivity contribution is 0.595. The van der Waals surface area contributed by atoms with Crippen molar-refractivity contribution < 1.29 is 12.8 Å². The molecule has 21 heavy (non-hydrogen) atoms. The van der Waals surface area contributed by atoms with Gasteiger partial charge in [0.1, 0.15) is 4.90 Å². The van der Waals surface area contributed by atoms with Crippen LogP contribution in [0.15, 0.2) is 39.7 Å². The smallest absolute Gasteiger partial charge is 0.263 e. The van der Waals surface area contributed by atoms with Crippen LogP contribution in [0.5, 0.6) is 0 Å². The Bertz CT molecular complexity index is 814. The Morgan fingerprint density at radius 3 is 2.38 bits per heavy atom. The molecule has 0 atom stereocenters. The maximum Gasteiger partial charge on any atom is 0.263 e. The van der Waals surface area contributed by atoms with Crippen LogP contribution in [-0.4, -0.2) is 8.42 Å². The molecule has 0 fully saturated rings. The zero-order chi connectivity index (χ0) is 15.8. The zero-order valence-electron chi connectivity index (χ0n) is 10.0. The third-order valence-corrected chi connectivity index (χ3v) is 5.54. The first-order valence-electron chi connectivity index (χ1n) is 5.34. The van der Waals surface area contributed by atoms with Gasteiger partial charge in [0.2, 0.25) is 0 Å². The van der Waals surface area contributed by atoms with Crippen LogP contribution in [0, 0.1) is 5.82 Å². The Morgan fingerprint density at radius 1 is 1.10 bits per heavy atom. The zero-order valence-corrected chi connectivity index (χ0v) is 14.7. The van der Waals surface area contributed by atoms with Gasteiger partial charge in [0, 0.05) is 9.50 Å². The molecule has 0 aliphatic carbocycles. The van der Waals surface area contributed by atoms with Crippen LogP contribution in [0.2, 0.25) is 15.1 Å². The number of hydrogen-bond donors (Lipinski definition) is 1. The molecule has 112 valence electrons. The molecular weight excluding hydrogens is 427 g/mol. The molecule has 0 aliphatic heterocycles. The number of anilines is 1. The molecule has 0 amide bonds. The van der Waals surface area contributed by atoms with Gasteiger partial charge in [0.25, 0.3) is 10.0 Å². The summed E-state index contributed by atoms with van der Waals surface area (Å²) in [6.07, 6.45) is 0. The first kappa shape index (κ1) is 16.8. The van der Waals surface area contributed by atoms with Crippen molar-refractivity contribution in [2.24, 2.45) is 0 Å². The molecule has 2 rings (SSSR count). The monoisotopic (exact) mass is 431 g/mol. The van der Waals surface area contributed by atoms with Crippen molar-refractivity contribution in [1.29, 1.82) is 0 Å². The maximum absolute atomic E-state index is 13.6. The van der Waals surface area contributed by atoms with Crippen molar-refractivity contribution in [1.82, 2.24) is 0 Å². The molecule has 1 N–H and O–H groups in total. The van der Waals surface area contributed by atoms with E-state index in [9.17, 15) is 12.8 Å². The van der Waals surface area contributed by atoms with E-state index in [0.29, 0.717) is 9.50 Å². The fourth-order valence-electron chi connectivity index (χ4n) is 1.49. The predicted octanol–water partition coefficient (Wildman–Crippen LogP) is 5.35. The molecule has 9 heteroatoms. The number of rotatable bonds is 3. The van der Waals surface area contributed by atoms with Crippen LogP contribution in [0.25, 0.3) is 0 Å². The number of benzene rings is 2. The minimum atomic E-state index is -4.07. The maximum atomic E-state index is 13.6. The Kier molecular flexibility index (Phi) is 5.05. The minimum absolute atomic E-state index is 0.242. The average Bonchev–Trinajstić information content (AvgIpc) is 2.39. The highest BCUT2D eigenvalue weighted by atomic mass is 79.9. The van der Waals surface area contributed by atoms with Gasteiger partial charge in [0.15, 0.2) is 5.82 Å². The second-order valence-electron chi connectivity index (χ2n) is 3.90. The van der Waals surface area contributed by atoms with E-state index in [1.54, 1.807) is 0 Å². The summed E-state index contributed by atoms with van der Waals surface area (Å²) in [6, 6.07) is 6.73. The van der Waals surface area contributed by atoms with Crippen LogP contribution in [-0.2, 0) is 10.0 Å². The van der Waals surface area contributed by atoms with Crippen LogP contribution >= 0.6 is 50.7 Å². The Balaban J connectivity index is 2.46. The van der Waals surface area contributed by atoms with Gasteiger partial charge in [-0.15, -0.1) is 0 Å². The third-order valence-electron chi connectivity index (χ3n) is 2.46. The fraction of sp³-hybridized carbons (Fsp3) is 0. The van der Waals surface area contributed by atoms with E-state index >= 15 is 0 Å². The normalized spacial score (nSPS) is 11.5. The van der Waals surface area contributed by atoms with Crippen molar-refractivity contribution >= 4 is 66.4 Å². The molecule has 0 aliphatic rings. The van der Waals surface area contributed by atoms with Gasteiger partial charge < -0.3 is 0 Å². The average molecular weight is 434 g/mol. The van der Waals surface area contributed by atoms with Gasteiger partial charge in [-0.05, 0) is 46.3 Å². The van der Waals surface area contributed by atoms with E-state index in [1.165, 1.54) is 18.2 Å². The van der Waals surface area contributed by atoms with Gasteiger partial charge in [-0.25, -0.2) is 12.8 Å². The van der Waals surface area contributed by atoms with Gasteiger partial charge in [-0.1, -0.05) is 34.8 Å². The first-order chi connectivity index (χ1) is 9.72. The highest BCUT2D eigenvalue weighted by Crippen LogP contribution is 2.32. The molecule has 0 heterocycles. The molecule has 2 aromatic rings. The summed E-state index contributed by atoms with van der Waals surface area (Å²) < 4.78 is 40.9. The number of sulfonamides is 1. The molecular formula is C12H6BrCl3FNO2S. The van der Waals surface area contributed by atoms with Crippen LogP contribution in [0.1, 0.15) is 0 Å². The van der Waals surface area contributed by atoms with Crippen molar-refractivity contribution in [2.45, 2.75) is 4.90 Å². The molecule has 2 aromatic carbocycles.